The lowest BCUT2D eigenvalue weighted by atomic mass is 9.81. The van der Waals surface area contributed by atoms with Crippen molar-refractivity contribution < 1.29 is 14.7 Å². The highest BCUT2D eigenvalue weighted by atomic mass is 16.4. The van der Waals surface area contributed by atoms with Crippen LogP contribution >= 0.6 is 0 Å². The van der Waals surface area contributed by atoms with Crippen LogP contribution in [0.25, 0.3) is 10.9 Å². The van der Waals surface area contributed by atoms with E-state index in [1.54, 1.807) is 12.1 Å². The summed E-state index contributed by atoms with van der Waals surface area (Å²) >= 11 is 0. The van der Waals surface area contributed by atoms with Gasteiger partial charge in [0.25, 0.3) is 0 Å². The number of rotatable bonds is 3. The second kappa shape index (κ2) is 6.19. The van der Waals surface area contributed by atoms with Crippen molar-refractivity contribution in [2.45, 2.75) is 38.1 Å². The Hall–Kier alpha value is -2.34. The molecule has 1 amide bonds. The summed E-state index contributed by atoms with van der Waals surface area (Å²) in [6.45, 7) is 1.61. The number of nitrogens with two attached hydrogens (primary N) is 1. The molecule has 6 heteroatoms. The van der Waals surface area contributed by atoms with Gasteiger partial charge >= 0.3 is 5.97 Å². The highest BCUT2D eigenvalue weighted by Crippen LogP contribution is 2.35. The second-order valence-corrected chi connectivity index (χ2v) is 7.18. The molecule has 0 radical (unpaired) electrons. The molecule has 2 aliphatic rings. The molecule has 25 heavy (non-hydrogen) atoms. The van der Waals surface area contributed by atoms with Gasteiger partial charge in [0, 0.05) is 29.7 Å². The number of carboxylic acids is 1. The van der Waals surface area contributed by atoms with Gasteiger partial charge in [0.1, 0.15) is 0 Å². The van der Waals surface area contributed by atoms with Crippen LogP contribution in [0, 0.1) is 5.92 Å². The number of likely N-dealkylation sites (tertiary alicyclic amines) is 1. The predicted octanol–water partition coefficient (Wildman–Crippen LogP) is 1.92. The summed E-state index contributed by atoms with van der Waals surface area (Å²) in [4.78, 5) is 29.5. The van der Waals surface area contributed by atoms with Gasteiger partial charge in [-0.25, -0.2) is 4.79 Å². The van der Waals surface area contributed by atoms with Crippen molar-refractivity contribution in [1.82, 2.24) is 9.88 Å². The number of fused-ring (bicyclic) bond motifs is 3. The molecule has 1 aromatic carbocycles. The van der Waals surface area contributed by atoms with E-state index in [4.69, 9.17) is 5.73 Å². The molecule has 0 saturated carbocycles. The van der Waals surface area contributed by atoms with E-state index in [1.807, 2.05) is 11.0 Å². The lowest BCUT2D eigenvalue weighted by molar-refractivity contribution is -0.132. The minimum atomic E-state index is -0.924. The van der Waals surface area contributed by atoms with Crippen LogP contribution in [-0.4, -0.2) is 46.0 Å². The van der Waals surface area contributed by atoms with E-state index >= 15 is 0 Å². The minimum Gasteiger partial charge on any atom is -0.478 e. The summed E-state index contributed by atoms with van der Waals surface area (Å²) in [6.07, 6.45) is 4.41. The lowest BCUT2D eigenvalue weighted by Crippen LogP contribution is -2.48. The highest BCUT2D eigenvalue weighted by molar-refractivity contribution is 6.05. The van der Waals surface area contributed by atoms with Gasteiger partial charge < -0.3 is 20.7 Å². The van der Waals surface area contributed by atoms with Crippen molar-refractivity contribution in [3.05, 3.63) is 35.0 Å². The smallest absolute Gasteiger partial charge is 0.336 e. The highest BCUT2D eigenvalue weighted by Gasteiger charge is 2.34. The first-order valence-electron chi connectivity index (χ1n) is 8.96. The first-order chi connectivity index (χ1) is 12.1. The third-order valence-electron chi connectivity index (χ3n) is 5.69. The van der Waals surface area contributed by atoms with Crippen molar-refractivity contribution in [3.8, 4) is 0 Å². The maximum absolute atomic E-state index is 12.6. The van der Waals surface area contributed by atoms with E-state index in [0.717, 1.165) is 60.9 Å². The summed E-state index contributed by atoms with van der Waals surface area (Å²) in [6, 6.07) is 4.80. The number of aromatic carboxylic acids is 1. The molecule has 1 unspecified atom stereocenters. The quantitative estimate of drug-likeness (QED) is 0.794. The average Bonchev–Trinajstić information content (AvgIpc) is 3.27. The van der Waals surface area contributed by atoms with Crippen molar-refractivity contribution in [3.63, 3.8) is 0 Å². The normalized spacial score (nSPS) is 21.3. The molecule has 0 bridgehead atoms. The fourth-order valence-electron chi connectivity index (χ4n) is 4.34. The van der Waals surface area contributed by atoms with Crippen LogP contribution in [0.15, 0.2) is 18.2 Å². The number of nitrogens with zero attached hydrogens (tertiary/aromatic N) is 1. The number of aryl methyl sites for hydroxylation is 1. The standard InChI is InChI=1S/C19H23N3O3/c20-17(18(23)22-8-1-2-9-22)11-6-7-14-13(10-11)16-12(19(24)25)4-3-5-15(16)21-14/h3-5,11,17,21H,1-2,6-10,20H2,(H,24,25)/t11?,17-/m0/s1. The molecule has 1 saturated heterocycles. The topological polar surface area (TPSA) is 99.4 Å². The van der Waals surface area contributed by atoms with Crippen molar-refractivity contribution in [2.24, 2.45) is 11.7 Å². The zero-order chi connectivity index (χ0) is 17.6. The number of amides is 1. The first-order valence-corrected chi connectivity index (χ1v) is 8.96. The van der Waals surface area contributed by atoms with E-state index in [2.05, 4.69) is 4.98 Å². The summed E-state index contributed by atoms with van der Waals surface area (Å²) in [7, 11) is 0. The van der Waals surface area contributed by atoms with Gasteiger partial charge in [-0.15, -0.1) is 0 Å². The Bertz CT molecular complexity index is 836. The fraction of sp³-hybridized carbons (Fsp3) is 0.474. The van der Waals surface area contributed by atoms with Gasteiger partial charge in [0.15, 0.2) is 0 Å². The number of carbonyl (C=O) groups is 2. The third-order valence-corrected chi connectivity index (χ3v) is 5.69. The fourth-order valence-corrected chi connectivity index (χ4v) is 4.34. The Morgan fingerprint density at radius 3 is 2.76 bits per heavy atom. The number of aromatic nitrogens is 1. The maximum Gasteiger partial charge on any atom is 0.336 e. The zero-order valence-corrected chi connectivity index (χ0v) is 14.1. The van der Waals surface area contributed by atoms with Crippen molar-refractivity contribution >= 4 is 22.8 Å². The monoisotopic (exact) mass is 341 g/mol. The Morgan fingerprint density at radius 2 is 2.04 bits per heavy atom. The molecule has 2 heterocycles. The number of H-pyrrole nitrogens is 1. The van der Waals surface area contributed by atoms with Crippen LogP contribution in [0.1, 0.15) is 40.9 Å². The van der Waals surface area contributed by atoms with Crippen LogP contribution in [-0.2, 0) is 17.6 Å². The minimum absolute atomic E-state index is 0.0456. The molecule has 6 nitrogen and oxygen atoms in total. The Morgan fingerprint density at radius 1 is 1.28 bits per heavy atom. The molecule has 1 aromatic heterocycles. The van der Waals surface area contributed by atoms with E-state index < -0.39 is 12.0 Å². The van der Waals surface area contributed by atoms with Crippen LogP contribution in [0.3, 0.4) is 0 Å². The summed E-state index contributed by atoms with van der Waals surface area (Å²) in [5.41, 5.74) is 9.59. The van der Waals surface area contributed by atoms with E-state index in [9.17, 15) is 14.7 Å². The van der Waals surface area contributed by atoms with Crippen LogP contribution in [0.5, 0.6) is 0 Å². The SMILES string of the molecule is N[C@H](C(=O)N1CCCC1)C1CCc2[nH]c3cccc(C(=O)O)c3c2C1. The van der Waals surface area contributed by atoms with Crippen LogP contribution in [0.2, 0.25) is 0 Å². The molecule has 2 atom stereocenters. The van der Waals surface area contributed by atoms with Gasteiger partial charge in [0.2, 0.25) is 5.91 Å². The van der Waals surface area contributed by atoms with Gasteiger partial charge in [-0.05, 0) is 55.7 Å². The molecule has 2 aromatic rings. The summed E-state index contributed by atoms with van der Waals surface area (Å²) in [5.74, 6) is -0.822. The van der Waals surface area contributed by atoms with Gasteiger partial charge in [0.05, 0.1) is 11.6 Å². The first kappa shape index (κ1) is 16.1. The molecule has 4 rings (SSSR count). The Labute approximate surface area is 146 Å². The largest absolute Gasteiger partial charge is 0.478 e. The lowest BCUT2D eigenvalue weighted by Gasteiger charge is -2.30. The average molecular weight is 341 g/mol. The molecular weight excluding hydrogens is 318 g/mol. The summed E-state index contributed by atoms with van der Waals surface area (Å²) in [5, 5.41) is 10.3. The number of nitrogens with one attached hydrogen (secondary N) is 1. The third kappa shape index (κ3) is 2.70. The number of carbonyl (C=O) groups excluding carboxylic acids is 1. The van der Waals surface area contributed by atoms with E-state index in [-0.39, 0.29) is 11.8 Å². The number of hydrogen-bond acceptors (Lipinski definition) is 3. The van der Waals surface area contributed by atoms with E-state index in [1.165, 1.54) is 0 Å². The van der Waals surface area contributed by atoms with Crippen molar-refractivity contribution in [1.29, 1.82) is 0 Å². The van der Waals surface area contributed by atoms with E-state index in [0.29, 0.717) is 12.0 Å². The Kier molecular flexibility index (Phi) is 4.00. The molecule has 0 spiro atoms. The zero-order valence-electron chi connectivity index (χ0n) is 14.1. The molecule has 1 fully saturated rings. The number of carboxylic acid groups (broad SMARTS) is 1. The van der Waals surface area contributed by atoms with Crippen molar-refractivity contribution in [2.75, 3.05) is 13.1 Å². The second-order valence-electron chi connectivity index (χ2n) is 7.18. The molecule has 132 valence electrons. The number of hydrogen-bond donors (Lipinski definition) is 3. The number of benzene rings is 1. The van der Waals surface area contributed by atoms with Crippen LogP contribution in [0.4, 0.5) is 0 Å². The molecule has 1 aliphatic heterocycles. The summed E-state index contributed by atoms with van der Waals surface area (Å²) < 4.78 is 0. The van der Waals surface area contributed by atoms with Gasteiger partial charge in [-0.1, -0.05) is 6.07 Å². The predicted molar refractivity (Wildman–Crippen MR) is 94.6 cm³/mol. The van der Waals surface area contributed by atoms with Gasteiger partial charge in [-0.2, -0.15) is 0 Å². The molecule has 4 N–H and O–H groups in total. The van der Waals surface area contributed by atoms with Crippen LogP contribution < -0.4 is 5.73 Å². The maximum atomic E-state index is 12.6. The molecular formula is C19H23N3O3. The molecule has 1 aliphatic carbocycles. The van der Waals surface area contributed by atoms with Gasteiger partial charge in [-0.3, -0.25) is 4.79 Å². The number of aromatic amines is 1. The Balaban J connectivity index is 1.65.